The highest BCUT2D eigenvalue weighted by Crippen LogP contribution is 2.43. The van der Waals surface area contributed by atoms with Gasteiger partial charge < -0.3 is 9.51 Å². The van der Waals surface area contributed by atoms with E-state index >= 15 is 0 Å². The summed E-state index contributed by atoms with van der Waals surface area (Å²) in [7, 11) is 0. The average molecular weight is 487 g/mol. The highest BCUT2D eigenvalue weighted by Gasteiger charge is 2.48. The van der Waals surface area contributed by atoms with Crippen molar-refractivity contribution in [3.05, 3.63) is 87.8 Å². The van der Waals surface area contributed by atoms with Crippen LogP contribution in [-0.2, 0) is 15.0 Å². The number of thiazole rings is 1. The summed E-state index contributed by atoms with van der Waals surface area (Å²) in [4.78, 5) is 36.9. The van der Waals surface area contributed by atoms with Gasteiger partial charge in [-0.2, -0.15) is 0 Å². The van der Waals surface area contributed by atoms with Crippen molar-refractivity contribution in [2.45, 2.75) is 46.1 Å². The van der Waals surface area contributed by atoms with Gasteiger partial charge in [0.25, 0.3) is 5.78 Å². The van der Waals surface area contributed by atoms with Gasteiger partial charge in [0.05, 0.1) is 17.3 Å². The second kappa shape index (κ2) is 8.16. The van der Waals surface area contributed by atoms with Crippen molar-refractivity contribution in [3.8, 4) is 0 Å². The number of hydrogen-bond donors (Lipinski definition) is 1. The van der Waals surface area contributed by atoms with Gasteiger partial charge in [-0.15, -0.1) is 11.3 Å². The molecule has 1 aliphatic heterocycles. The van der Waals surface area contributed by atoms with Gasteiger partial charge in [0.2, 0.25) is 0 Å². The number of carbonyl (C=O) groups is 2. The molecule has 7 nitrogen and oxygen atoms in total. The Morgan fingerprint density at radius 3 is 2.40 bits per heavy atom. The molecule has 1 unspecified atom stereocenters. The number of benzene rings is 1. The number of carbonyl (C=O) groups excluding carboxylic acids is 2. The number of rotatable bonds is 3. The number of amides is 1. The van der Waals surface area contributed by atoms with E-state index in [0.717, 1.165) is 11.1 Å². The van der Waals surface area contributed by atoms with Crippen molar-refractivity contribution >= 4 is 39.6 Å². The van der Waals surface area contributed by atoms with Crippen LogP contribution in [0.1, 0.15) is 54.9 Å². The molecule has 1 N–H and O–H groups in total. The average Bonchev–Trinajstić information content (AvgIpc) is 3.52. The first-order valence-electron chi connectivity index (χ1n) is 11.3. The number of aliphatic hydroxyl groups is 1. The van der Waals surface area contributed by atoms with E-state index in [1.807, 2.05) is 60.8 Å². The predicted molar refractivity (Wildman–Crippen MR) is 137 cm³/mol. The molecule has 1 aromatic carbocycles. The highest BCUT2D eigenvalue weighted by molar-refractivity contribution is 7.14. The fraction of sp³-hybridized carbons (Fsp3) is 0.259. The molecule has 0 saturated carbocycles. The summed E-state index contributed by atoms with van der Waals surface area (Å²) >= 11 is 1.27. The second-order valence-electron chi connectivity index (χ2n) is 9.79. The Morgan fingerprint density at radius 2 is 1.80 bits per heavy atom. The summed E-state index contributed by atoms with van der Waals surface area (Å²) in [6.07, 6.45) is 3.45. The van der Waals surface area contributed by atoms with Crippen LogP contribution in [0.15, 0.2) is 59.7 Å². The van der Waals surface area contributed by atoms with E-state index < -0.39 is 17.7 Å². The maximum atomic E-state index is 13.4. The molecule has 1 atom stereocenters. The number of imidazole rings is 1. The van der Waals surface area contributed by atoms with E-state index in [1.165, 1.54) is 16.2 Å². The SMILES string of the molecule is Cc1cccn2c(C)c(/C(O)=C3\C(=O)C(=O)N(c4nccs4)C3c3ccc(C(C)(C)C)cc3)nc12. The van der Waals surface area contributed by atoms with Crippen LogP contribution in [0.4, 0.5) is 5.13 Å². The highest BCUT2D eigenvalue weighted by atomic mass is 32.1. The topological polar surface area (TPSA) is 87.8 Å². The largest absolute Gasteiger partial charge is 0.505 e. The van der Waals surface area contributed by atoms with Gasteiger partial charge in [-0.1, -0.05) is 51.1 Å². The summed E-state index contributed by atoms with van der Waals surface area (Å²) in [5.41, 5.74) is 4.39. The Kier molecular flexibility index (Phi) is 5.36. The Morgan fingerprint density at radius 1 is 1.09 bits per heavy atom. The van der Waals surface area contributed by atoms with E-state index in [4.69, 9.17) is 0 Å². The van der Waals surface area contributed by atoms with Crippen molar-refractivity contribution in [1.82, 2.24) is 14.4 Å². The molecule has 5 rings (SSSR count). The van der Waals surface area contributed by atoms with Crippen LogP contribution in [0.2, 0.25) is 0 Å². The number of ketones is 1. The number of aromatic nitrogens is 3. The zero-order valence-corrected chi connectivity index (χ0v) is 21.1. The fourth-order valence-electron chi connectivity index (χ4n) is 4.52. The van der Waals surface area contributed by atoms with Crippen molar-refractivity contribution < 1.29 is 14.7 Å². The molecule has 3 aromatic heterocycles. The van der Waals surface area contributed by atoms with E-state index in [-0.39, 0.29) is 22.4 Å². The molecular formula is C27H26N4O3S. The summed E-state index contributed by atoms with van der Waals surface area (Å²) in [5.74, 6) is -1.76. The second-order valence-corrected chi connectivity index (χ2v) is 10.7. The Hall–Kier alpha value is -3.78. The van der Waals surface area contributed by atoms with Crippen molar-refractivity contribution in [3.63, 3.8) is 0 Å². The third kappa shape index (κ3) is 3.65. The molecule has 4 heterocycles. The number of pyridine rings is 1. The van der Waals surface area contributed by atoms with Gasteiger partial charge in [-0.3, -0.25) is 14.5 Å². The lowest BCUT2D eigenvalue weighted by Crippen LogP contribution is -2.29. The minimum atomic E-state index is -0.819. The minimum Gasteiger partial charge on any atom is -0.505 e. The minimum absolute atomic E-state index is 0.0119. The van der Waals surface area contributed by atoms with Gasteiger partial charge in [-0.05, 0) is 42.0 Å². The number of aryl methyl sites for hydroxylation is 2. The molecule has 178 valence electrons. The zero-order valence-electron chi connectivity index (χ0n) is 20.2. The number of hydrogen-bond acceptors (Lipinski definition) is 6. The zero-order chi connectivity index (χ0) is 25.1. The van der Waals surface area contributed by atoms with Gasteiger partial charge in [0.1, 0.15) is 11.3 Å². The molecular weight excluding hydrogens is 460 g/mol. The first-order valence-corrected chi connectivity index (χ1v) is 12.2. The van der Waals surface area contributed by atoms with Gasteiger partial charge in [0, 0.05) is 17.8 Å². The predicted octanol–water partition coefficient (Wildman–Crippen LogP) is 5.33. The Bertz CT molecular complexity index is 1490. The molecule has 1 fully saturated rings. The first-order chi connectivity index (χ1) is 16.6. The van der Waals surface area contributed by atoms with Crippen LogP contribution in [0.25, 0.3) is 11.4 Å². The van der Waals surface area contributed by atoms with E-state index in [1.54, 1.807) is 11.6 Å². The summed E-state index contributed by atoms with van der Waals surface area (Å²) < 4.78 is 1.87. The quantitative estimate of drug-likeness (QED) is 0.240. The lowest BCUT2D eigenvalue weighted by molar-refractivity contribution is -0.132. The molecule has 35 heavy (non-hydrogen) atoms. The lowest BCUT2D eigenvalue weighted by atomic mass is 9.85. The van der Waals surface area contributed by atoms with Crippen molar-refractivity contribution in [1.29, 1.82) is 0 Å². The monoisotopic (exact) mass is 486 g/mol. The van der Waals surface area contributed by atoms with Gasteiger partial charge >= 0.3 is 5.91 Å². The molecule has 1 aliphatic rings. The molecule has 0 aliphatic carbocycles. The molecule has 0 spiro atoms. The first kappa shape index (κ1) is 23.0. The summed E-state index contributed by atoms with van der Waals surface area (Å²) in [5, 5.41) is 13.7. The van der Waals surface area contributed by atoms with Crippen LogP contribution in [0.5, 0.6) is 0 Å². The third-order valence-corrected chi connectivity index (χ3v) is 7.24. The van der Waals surface area contributed by atoms with E-state index in [9.17, 15) is 14.7 Å². The maximum Gasteiger partial charge on any atom is 0.301 e. The molecule has 4 aromatic rings. The molecule has 1 saturated heterocycles. The lowest BCUT2D eigenvalue weighted by Gasteiger charge is -2.24. The van der Waals surface area contributed by atoms with Crippen LogP contribution >= 0.6 is 11.3 Å². The smallest absolute Gasteiger partial charge is 0.301 e. The normalized spacial score (nSPS) is 18.1. The third-order valence-electron chi connectivity index (χ3n) is 6.47. The molecule has 8 heteroatoms. The summed E-state index contributed by atoms with van der Waals surface area (Å²) in [6, 6.07) is 10.8. The van der Waals surface area contributed by atoms with Gasteiger partial charge in [-0.25, -0.2) is 9.97 Å². The Labute approximate surface area is 207 Å². The van der Waals surface area contributed by atoms with Crippen molar-refractivity contribution in [2.75, 3.05) is 4.90 Å². The number of fused-ring (bicyclic) bond motifs is 1. The Balaban J connectivity index is 1.74. The number of aliphatic hydroxyl groups excluding tert-OH is 1. The summed E-state index contributed by atoms with van der Waals surface area (Å²) in [6.45, 7) is 10.1. The van der Waals surface area contributed by atoms with Crippen molar-refractivity contribution in [2.24, 2.45) is 0 Å². The van der Waals surface area contributed by atoms with Crippen LogP contribution in [0.3, 0.4) is 0 Å². The number of nitrogens with zero attached hydrogens (tertiary/aromatic N) is 4. The van der Waals surface area contributed by atoms with Crippen LogP contribution < -0.4 is 4.90 Å². The number of anilines is 1. The fourth-order valence-corrected chi connectivity index (χ4v) is 5.19. The van der Waals surface area contributed by atoms with E-state index in [0.29, 0.717) is 22.0 Å². The van der Waals surface area contributed by atoms with Crippen LogP contribution in [0, 0.1) is 13.8 Å². The molecule has 0 bridgehead atoms. The van der Waals surface area contributed by atoms with E-state index in [2.05, 4.69) is 30.7 Å². The maximum absolute atomic E-state index is 13.4. The molecule has 1 amide bonds. The molecule has 0 radical (unpaired) electrons. The van der Waals surface area contributed by atoms with Gasteiger partial charge in [0.15, 0.2) is 10.9 Å². The number of Topliss-reactive ketones (excluding diaryl/α,β-unsaturated/α-hetero) is 1. The van der Waals surface area contributed by atoms with Crippen LogP contribution in [-0.4, -0.2) is 31.2 Å². The standard InChI is InChI=1S/C27H26N4O3S/c1-15-7-6-13-30-16(2)20(29-24(15)30)22(32)19-21(17-8-10-18(11-9-17)27(3,4)5)31(25(34)23(19)33)26-28-12-14-35-26/h6-14,21,32H,1-5H3/b22-19+.